The number of anilines is 2. The van der Waals surface area contributed by atoms with Crippen LogP contribution in [0.3, 0.4) is 0 Å². The molecule has 0 radical (unpaired) electrons. The van der Waals surface area contributed by atoms with Gasteiger partial charge in [0, 0.05) is 23.2 Å². The molecule has 0 bridgehead atoms. The van der Waals surface area contributed by atoms with Gasteiger partial charge >= 0.3 is 0 Å². The van der Waals surface area contributed by atoms with Crippen molar-refractivity contribution < 1.29 is 19.1 Å². The van der Waals surface area contributed by atoms with E-state index in [1.54, 1.807) is 56.7 Å². The van der Waals surface area contributed by atoms with Crippen LogP contribution in [0.1, 0.15) is 36.9 Å². The van der Waals surface area contributed by atoms with Gasteiger partial charge in [-0.1, -0.05) is 41.7 Å². The van der Waals surface area contributed by atoms with E-state index >= 15 is 0 Å². The van der Waals surface area contributed by atoms with Gasteiger partial charge in [0.15, 0.2) is 11.5 Å². The van der Waals surface area contributed by atoms with Gasteiger partial charge in [0.25, 0.3) is 11.8 Å². The number of benzene rings is 3. The molecule has 0 aliphatic carbocycles. The number of carbonyl (C=O) groups excluding carboxylic acids is 2. The second kappa shape index (κ2) is 10.8. The molecule has 1 aromatic heterocycles. The molecular formula is C26H24N4O4S. The summed E-state index contributed by atoms with van der Waals surface area (Å²) in [6, 6.07) is 19.7. The van der Waals surface area contributed by atoms with E-state index in [1.807, 2.05) is 31.2 Å². The second-order valence-electron chi connectivity index (χ2n) is 7.67. The van der Waals surface area contributed by atoms with Crippen molar-refractivity contribution >= 4 is 34.0 Å². The van der Waals surface area contributed by atoms with Gasteiger partial charge in [-0.15, -0.1) is 10.2 Å². The van der Waals surface area contributed by atoms with E-state index in [1.165, 1.54) is 11.3 Å². The molecule has 35 heavy (non-hydrogen) atoms. The molecule has 0 fully saturated rings. The third-order valence-electron chi connectivity index (χ3n) is 5.27. The number of methoxy groups -OCH3 is 2. The molecule has 4 rings (SSSR count). The molecule has 0 aliphatic rings. The van der Waals surface area contributed by atoms with Crippen molar-refractivity contribution in [2.75, 3.05) is 24.9 Å². The molecule has 0 unspecified atom stereocenters. The maximum Gasteiger partial charge on any atom is 0.257 e. The van der Waals surface area contributed by atoms with Gasteiger partial charge < -0.3 is 14.8 Å². The maximum atomic E-state index is 12.8. The first-order valence-electron chi connectivity index (χ1n) is 10.8. The van der Waals surface area contributed by atoms with Gasteiger partial charge in [0.2, 0.25) is 5.13 Å². The van der Waals surface area contributed by atoms with Gasteiger partial charge in [0.1, 0.15) is 5.01 Å². The lowest BCUT2D eigenvalue weighted by Crippen LogP contribution is -2.15. The average molecular weight is 489 g/mol. The zero-order valence-corrected chi connectivity index (χ0v) is 20.3. The molecule has 2 N–H and O–H groups in total. The van der Waals surface area contributed by atoms with Crippen molar-refractivity contribution in [3.63, 3.8) is 0 Å². The van der Waals surface area contributed by atoms with Crippen LogP contribution in [0.5, 0.6) is 11.5 Å². The average Bonchev–Trinajstić information content (AvgIpc) is 3.32. The van der Waals surface area contributed by atoms with E-state index in [0.29, 0.717) is 39.9 Å². The fraction of sp³-hybridized carbons (Fsp3) is 0.154. The van der Waals surface area contributed by atoms with Gasteiger partial charge in [-0.2, -0.15) is 0 Å². The number of ether oxygens (including phenoxy) is 2. The summed E-state index contributed by atoms with van der Waals surface area (Å²) >= 11 is 1.29. The first kappa shape index (κ1) is 23.9. The number of carbonyl (C=O) groups is 2. The predicted molar refractivity (Wildman–Crippen MR) is 136 cm³/mol. The Morgan fingerprint density at radius 3 is 2.31 bits per heavy atom. The lowest BCUT2D eigenvalue weighted by atomic mass is 10.1. The van der Waals surface area contributed by atoms with Crippen molar-refractivity contribution in [3.05, 3.63) is 94.0 Å². The van der Waals surface area contributed by atoms with E-state index in [2.05, 4.69) is 20.8 Å². The SMILES string of the molecule is COc1ccc(Cc2nnc(NC(=O)c3ccc(C)c(NC(=O)c4ccccc4)c3)s2)cc1OC. The zero-order valence-electron chi connectivity index (χ0n) is 19.5. The topological polar surface area (TPSA) is 102 Å². The molecule has 0 saturated carbocycles. The number of hydrogen-bond acceptors (Lipinski definition) is 7. The van der Waals surface area contributed by atoms with Gasteiger partial charge in [0.05, 0.1) is 14.2 Å². The van der Waals surface area contributed by atoms with Crippen LogP contribution < -0.4 is 20.1 Å². The standard InChI is InChI=1S/C26H24N4O4S/c1-16-9-11-19(15-20(16)27-24(31)18-7-5-4-6-8-18)25(32)28-26-30-29-23(35-26)14-17-10-12-21(33-2)22(13-17)34-3/h4-13,15H,14H2,1-3H3,(H,27,31)(H,28,30,32). The van der Waals surface area contributed by atoms with Crippen molar-refractivity contribution in [2.45, 2.75) is 13.3 Å². The Balaban J connectivity index is 1.43. The zero-order chi connectivity index (χ0) is 24.8. The summed E-state index contributed by atoms with van der Waals surface area (Å²) in [5.74, 6) is 0.709. The molecular weight excluding hydrogens is 464 g/mol. The summed E-state index contributed by atoms with van der Waals surface area (Å²) in [5, 5.41) is 15.1. The molecule has 0 spiro atoms. The first-order chi connectivity index (χ1) is 17.0. The smallest absolute Gasteiger partial charge is 0.257 e. The summed E-state index contributed by atoms with van der Waals surface area (Å²) in [4.78, 5) is 25.4. The number of nitrogens with one attached hydrogen (secondary N) is 2. The van der Waals surface area contributed by atoms with Crippen LogP contribution in [-0.2, 0) is 6.42 Å². The normalized spacial score (nSPS) is 10.5. The molecule has 3 aromatic carbocycles. The third kappa shape index (κ3) is 5.82. The number of aromatic nitrogens is 2. The van der Waals surface area contributed by atoms with E-state index in [-0.39, 0.29) is 11.8 Å². The molecule has 0 atom stereocenters. The van der Waals surface area contributed by atoms with Crippen LogP contribution in [0, 0.1) is 6.92 Å². The summed E-state index contributed by atoms with van der Waals surface area (Å²) in [7, 11) is 3.18. The van der Waals surface area contributed by atoms with Gasteiger partial charge in [-0.3, -0.25) is 14.9 Å². The minimum absolute atomic E-state index is 0.241. The highest BCUT2D eigenvalue weighted by atomic mass is 32.1. The highest BCUT2D eigenvalue weighted by Gasteiger charge is 2.14. The van der Waals surface area contributed by atoms with Crippen molar-refractivity contribution in [3.8, 4) is 11.5 Å². The summed E-state index contributed by atoms with van der Waals surface area (Å²) < 4.78 is 10.6. The number of amides is 2. The molecule has 0 saturated heterocycles. The minimum Gasteiger partial charge on any atom is -0.493 e. The van der Waals surface area contributed by atoms with Crippen LogP contribution >= 0.6 is 11.3 Å². The van der Waals surface area contributed by atoms with Gasteiger partial charge in [-0.25, -0.2) is 0 Å². The van der Waals surface area contributed by atoms with Crippen LogP contribution in [-0.4, -0.2) is 36.2 Å². The van der Waals surface area contributed by atoms with Crippen LogP contribution in [0.4, 0.5) is 10.8 Å². The van der Waals surface area contributed by atoms with E-state index in [0.717, 1.165) is 16.1 Å². The first-order valence-corrected chi connectivity index (χ1v) is 11.6. The predicted octanol–water partition coefficient (Wildman–Crippen LogP) is 4.96. The van der Waals surface area contributed by atoms with Crippen LogP contribution in [0.25, 0.3) is 0 Å². The van der Waals surface area contributed by atoms with E-state index < -0.39 is 0 Å². The molecule has 9 heteroatoms. The van der Waals surface area contributed by atoms with Crippen molar-refractivity contribution in [1.29, 1.82) is 0 Å². The Labute approximate surface area is 206 Å². The minimum atomic E-state index is -0.339. The third-order valence-corrected chi connectivity index (χ3v) is 6.11. The Bertz CT molecular complexity index is 1350. The Kier molecular flexibility index (Phi) is 7.37. The molecule has 1 heterocycles. The highest BCUT2D eigenvalue weighted by molar-refractivity contribution is 7.15. The number of hydrogen-bond donors (Lipinski definition) is 2. The van der Waals surface area contributed by atoms with E-state index in [9.17, 15) is 9.59 Å². The quantitative estimate of drug-likeness (QED) is 0.363. The fourth-order valence-electron chi connectivity index (χ4n) is 3.39. The summed E-state index contributed by atoms with van der Waals surface area (Å²) in [5.41, 5.74) is 3.33. The largest absolute Gasteiger partial charge is 0.493 e. The molecule has 0 aliphatic heterocycles. The highest BCUT2D eigenvalue weighted by Crippen LogP contribution is 2.29. The molecule has 8 nitrogen and oxygen atoms in total. The Morgan fingerprint density at radius 1 is 0.829 bits per heavy atom. The molecule has 2 amide bonds. The monoisotopic (exact) mass is 488 g/mol. The number of aryl methyl sites for hydroxylation is 1. The number of nitrogens with zero attached hydrogens (tertiary/aromatic N) is 2. The van der Waals surface area contributed by atoms with Crippen LogP contribution in [0.2, 0.25) is 0 Å². The lowest BCUT2D eigenvalue weighted by Gasteiger charge is -2.10. The Hall–Kier alpha value is -4.24. The van der Waals surface area contributed by atoms with Crippen molar-refractivity contribution in [2.24, 2.45) is 0 Å². The summed E-state index contributed by atoms with van der Waals surface area (Å²) in [6.45, 7) is 1.87. The summed E-state index contributed by atoms with van der Waals surface area (Å²) in [6.07, 6.45) is 0.536. The van der Waals surface area contributed by atoms with Crippen molar-refractivity contribution in [1.82, 2.24) is 10.2 Å². The lowest BCUT2D eigenvalue weighted by molar-refractivity contribution is 0.101. The van der Waals surface area contributed by atoms with Gasteiger partial charge in [-0.05, 0) is 54.4 Å². The Morgan fingerprint density at radius 2 is 1.57 bits per heavy atom. The number of rotatable bonds is 8. The van der Waals surface area contributed by atoms with E-state index in [4.69, 9.17) is 9.47 Å². The molecule has 4 aromatic rings. The fourth-order valence-corrected chi connectivity index (χ4v) is 4.16. The second-order valence-corrected chi connectivity index (χ2v) is 8.73. The van der Waals surface area contributed by atoms with Crippen LogP contribution in [0.15, 0.2) is 66.7 Å². The molecule has 178 valence electrons. The maximum absolute atomic E-state index is 12.8.